The largest absolute Gasteiger partial charge is 0.493 e. The van der Waals surface area contributed by atoms with E-state index in [0.717, 1.165) is 5.69 Å². The van der Waals surface area contributed by atoms with Crippen molar-refractivity contribution in [2.24, 2.45) is 0 Å². The second-order valence-electron chi connectivity index (χ2n) is 5.99. The molecule has 2 fully saturated rings. The molecule has 0 aliphatic carbocycles. The number of methoxy groups -OCH3 is 2. The summed E-state index contributed by atoms with van der Waals surface area (Å²) in [5, 5.41) is 2.94. The number of amides is 3. The minimum Gasteiger partial charge on any atom is -0.493 e. The van der Waals surface area contributed by atoms with Crippen LogP contribution in [0.1, 0.15) is 6.42 Å². The standard InChI is InChI=1S/C17H23N3O5/c1-23-14-4-3-13(10-15(14)24-2)20-11-12(9-16(20)21)18-17(22)19-5-7-25-8-6-19/h3-4,10,12H,5-9,11H2,1-2H3,(H,18,22). The van der Waals surface area contributed by atoms with Gasteiger partial charge in [-0.2, -0.15) is 0 Å². The molecule has 2 saturated heterocycles. The fraction of sp³-hybridized carbons (Fsp3) is 0.529. The predicted octanol–water partition coefficient (Wildman–Crippen LogP) is 0.851. The van der Waals surface area contributed by atoms with Crippen molar-refractivity contribution >= 4 is 17.6 Å². The van der Waals surface area contributed by atoms with Gasteiger partial charge in [0, 0.05) is 37.8 Å². The minimum absolute atomic E-state index is 0.0282. The van der Waals surface area contributed by atoms with Crippen LogP contribution in [0.2, 0.25) is 0 Å². The quantitative estimate of drug-likeness (QED) is 0.872. The van der Waals surface area contributed by atoms with Gasteiger partial charge in [0.2, 0.25) is 5.91 Å². The van der Waals surface area contributed by atoms with Crippen LogP contribution in [0.5, 0.6) is 11.5 Å². The summed E-state index contributed by atoms with van der Waals surface area (Å²) in [4.78, 5) is 28.0. The number of benzene rings is 1. The zero-order chi connectivity index (χ0) is 17.8. The van der Waals surface area contributed by atoms with E-state index >= 15 is 0 Å². The Labute approximate surface area is 146 Å². The van der Waals surface area contributed by atoms with Gasteiger partial charge in [0.15, 0.2) is 11.5 Å². The Bertz CT molecular complexity index is 645. The Morgan fingerprint density at radius 1 is 1.20 bits per heavy atom. The lowest BCUT2D eigenvalue weighted by molar-refractivity contribution is -0.117. The summed E-state index contributed by atoms with van der Waals surface area (Å²) in [6.45, 7) is 2.69. The molecule has 1 unspecified atom stereocenters. The molecule has 136 valence electrons. The van der Waals surface area contributed by atoms with Gasteiger partial charge in [-0.05, 0) is 12.1 Å². The van der Waals surface area contributed by atoms with Crippen molar-refractivity contribution in [2.75, 3.05) is 52.0 Å². The van der Waals surface area contributed by atoms with E-state index < -0.39 is 0 Å². The monoisotopic (exact) mass is 349 g/mol. The first-order valence-electron chi connectivity index (χ1n) is 8.28. The Balaban J connectivity index is 1.65. The summed E-state index contributed by atoms with van der Waals surface area (Å²) in [7, 11) is 3.12. The number of ether oxygens (including phenoxy) is 3. The maximum atomic E-state index is 12.4. The van der Waals surface area contributed by atoms with Gasteiger partial charge in [-0.1, -0.05) is 0 Å². The molecule has 0 radical (unpaired) electrons. The molecule has 0 saturated carbocycles. The number of hydrogen-bond donors (Lipinski definition) is 1. The summed E-state index contributed by atoms with van der Waals surface area (Å²) < 4.78 is 15.8. The van der Waals surface area contributed by atoms with Crippen LogP contribution >= 0.6 is 0 Å². The van der Waals surface area contributed by atoms with Gasteiger partial charge in [-0.25, -0.2) is 4.79 Å². The lowest BCUT2D eigenvalue weighted by Crippen LogP contribution is -2.49. The average Bonchev–Trinajstić information content (AvgIpc) is 3.01. The highest BCUT2D eigenvalue weighted by Crippen LogP contribution is 2.33. The number of nitrogens with one attached hydrogen (secondary N) is 1. The molecule has 0 aromatic heterocycles. The molecule has 2 aliphatic rings. The lowest BCUT2D eigenvalue weighted by atomic mass is 10.2. The van der Waals surface area contributed by atoms with Gasteiger partial charge < -0.3 is 29.3 Å². The highest BCUT2D eigenvalue weighted by molar-refractivity contribution is 5.97. The minimum atomic E-state index is -0.212. The van der Waals surface area contributed by atoms with E-state index in [-0.39, 0.29) is 24.4 Å². The third kappa shape index (κ3) is 3.79. The first-order chi connectivity index (χ1) is 12.1. The Morgan fingerprint density at radius 3 is 2.60 bits per heavy atom. The van der Waals surface area contributed by atoms with Gasteiger partial charge in [-0.15, -0.1) is 0 Å². The normalized spacial score (nSPS) is 20.6. The SMILES string of the molecule is COc1ccc(N2CC(NC(=O)N3CCOCC3)CC2=O)cc1OC. The van der Waals surface area contributed by atoms with Crippen LogP contribution in [0.15, 0.2) is 18.2 Å². The smallest absolute Gasteiger partial charge is 0.317 e. The van der Waals surface area contributed by atoms with Crippen molar-refractivity contribution < 1.29 is 23.8 Å². The number of rotatable bonds is 4. The van der Waals surface area contributed by atoms with E-state index in [9.17, 15) is 9.59 Å². The van der Waals surface area contributed by atoms with Crippen molar-refractivity contribution in [3.63, 3.8) is 0 Å². The number of carbonyl (C=O) groups excluding carboxylic acids is 2. The molecule has 0 bridgehead atoms. The van der Waals surface area contributed by atoms with Crippen molar-refractivity contribution in [1.82, 2.24) is 10.2 Å². The number of carbonyl (C=O) groups is 2. The molecule has 3 amide bonds. The van der Waals surface area contributed by atoms with E-state index in [1.54, 1.807) is 36.2 Å². The number of hydrogen-bond acceptors (Lipinski definition) is 5. The molecule has 1 N–H and O–H groups in total. The van der Waals surface area contributed by atoms with E-state index in [2.05, 4.69) is 5.32 Å². The van der Waals surface area contributed by atoms with E-state index in [1.807, 2.05) is 6.07 Å². The van der Waals surface area contributed by atoms with Gasteiger partial charge in [0.05, 0.1) is 33.5 Å². The van der Waals surface area contributed by atoms with Crippen molar-refractivity contribution in [3.8, 4) is 11.5 Å². The van der Waals surface area contributed by atoms with Crippen LogP contribution in [0.3, 0.4) is 0 Å². The summed E-state index contributed by atoms with van der Waals surface area (Å²) in [5.41, 5.74) is 0.728. The number of urea groups is 1. The van der Waals surface area contributed by atoms with Crippen LogP contribution in [0.25, 0.3) is 0 Å². The molecule has 3 rings (SSSR count). The predicted molar refractivity (Wildman–Crippen MR) is 91.2 cm³/mol. The molecule has 2 aliphatic heterocycles. The van der Waals surface area contributed by atoms with Crippen molar-refractivity contribution in [1.29, 1.82) is 0 Å². The van der Waals surface area contributed by atoms with Crippen molar-refractivity contribution in [2.45, 2.75) is 12.5 Å². The van der Waals surface area contributed by atoms with Crippen LogP contribution < -0.4 is 19.7 Å². The summed E-state index contributed by atoms with van der Waals surface area (Å²) >= 11 is 0. The summed E-state index contributed by atoms with van der Waals surface area (Å²) in [6.07, 6.45) is 0.282. The van der Waals surface area contributed by atoms with Crippen LogP contribution in [0, 0.1) is 0 Å². The van der Waals surface area contributed by atoms with Crippen LogP contribution in [-0.4, -0.2) is 69.9 Å². The Hall–Kier alpha value is -2.48. The van der Waals surface area contributed by atoms with Gasteiger partial charge >= 0.3 is 6.03 Å². The second-order valence-corrected chi connectivity index (χ2v) is 5.99. The van der Waals surface area contributed by atoms with E-state index in [0.29, 0.717) is 44.3 Å². The summed E-state index contributed by atoms with van der Waals surface area (Å²) in [6, 6.07) is 4.99. The molecule has 8 nitrogen and oxygen atoms in total. The third-order valence-electron chi connectivity index (χ3n) is 4.43. The highest BCUT2D eigenvalue weighted by atomic mass is 16.5. The molecule has 1 aromatic rings. The van der Waals surface area contributed by atoms with Gasteiger partial charge in [-0.3, -0.25) is 4.79 Å². The van der Waals surface area contributed by atoms with E-state index in [4.69, 9.17) is 14.2 Å². The maximum Gasteiger partial charge on any atom is 0.317 e. The topological polar surface area (TPSA) is 80.3 Å². The number of morpholine rings is 1. The fourth-order valence-corrected chi connectivity index (χ4v) is 3.08. The second kappa shape index (κ2) is 7.60. The summed E-state index contributed by atoms with van der Waals surface area (Å²) in [5.74, 6) is 1.14. The zero-order valence-corrected chi connectivity index (χ0v) is 14.5. The number of nitrogens with zero attached hydrogens (tertiary/aromatic N) is 2. The fourth-order valence-electron chi connectivity index (χ4n) is 3.08. The van der Waals surface area contributed by atoms with Crippen molar-refractivity contribution in [3.05, 3.63) is 18.2 Å². The Kier molecular flexibility index (Phi) is 5.28. The average molecular weight is 349 g/mol. The first-order valence-corrected chi connectivity index (χ1v) is 8.28. The lowest BCUT2D eigenvalue weighted by Gasteiger charge is -2.28. The third-order valence-corrected chi connectivity index (χ3v) is 4.43. The van der Waals surface area contributed by atoms with Gasteiger partial charge in [0.25, 0.3) is 0 Å². The molecule has 25 heavy (non-hydrogen) atoms. The molecule has 8 heteroatoms. The maximum absolute atomic E-state index is 12.4. The van der Waals surface area contributed by atoms with Crippen LogP contribution in [-0.2, 0) is 9.53 Å². The molecular weight excluding hydrogens is 326 g/mol. The molecule has 1 atom stereocenters. The van der Waals surface area contributed by atoms with Crippen LogP contribution in [0.4, 0.5) is 10.5 Å². The Morgan fingerprint density at radius 2 is 1.92 bits per heavy atom. The number of anilines is 1. The van der Waals surface area contributed by atoms with Gasteiger partial charge in [0.1, 0.15) is 0 Å². The molecular formula is C17H23N3O5. The van der Waals surface area contributed by atoms with E-state index in [1.165, 1.54) is 0 Å². The zero-order valence-electron chi connectivity index (χ0n) is 14.5. The molecule has 2 heterocycles. The molecule has 0 spiro atoms. The first kappa shape index (κ1) is 17.3. The molecule has 1 aromatic carbocycles. The highest BCUT2D eigenvalue weighted by Gasteiger charge is 2.33.